The van der Waals surface area contributed by atoms with E-state index >= 15 is 0 Å². The summed E-state index contributed by atoms with van der Waals surface area (Å²) in [7, 11) is -4.79. The third kappa shape index (κ3) is 2.97. The van der Waals surface area contributed by atoms with Gasteiger partial charge in [0.1, 0.15) is 5.52 Å². The zero-order valence-electron chi connectivity index (χ0n) is 11.2. The lowest BCUT2D eigenvalue weighted by atomic mass is 10.1. The van der Waals surface area contributed by atoms with Crippen molar-refractivity contribution >= 4 is 26.7 Å². The quantitative estimate of drug-likeness (QED) is 0.360. The zero-order valence-corrected chi connectivity index (χ0v) is 12.0. The highest BCUT2D eigenvalue weighted by atomic mass is 32.2. The largest absolute Gasteiger partial charge is 0.534 e. The van der Waals surface area contributed by atoms with Gasteiger partial charge in [-0.3, -0.25) is 15.1 Å². The van der Waals surface area contributed by atoms with E-state index < -0.39 is 32.0 Å². The van der Waals surface area contributed by atoms with Crippen molar-refractivity contribution in [2.24, 2.45) is 0 Å². The highest BCUT2D eigenvalue weighted by Crippen LogP contribution is 2.38. The van der Waals surface area contributed by atoms with Gasteiger partial charge in [0.05, 0.1) is 12.0 Å². The number of methoxy groups -OCH3 is 1. The van der Waals surface area contributed by atoms with Crippen LogP contribution < -0.4 is 8.92 Å². The summed E-state index contributed by atoms with van der Waals surface area (Å²) < 4.78 is 68.3. The summed E-state index contributed by atoms with van der Waals surface area (Å²) in [5.74, 6) is -1.01. The fraction of sp³-hybridized carbons (Fsp3) is 0.182. The molecule has 124 valence electrons. The van der Waals surface area contributed by atoms with Gasteiger partial charge in [-0.2, -0.15) is 21.6 Å². The van der Waals surface area contributed by atoms with Crippen molar-refractivity contribution in [3.63, 3.8) is 0 Å². The SMILES string of the molecule is COc1c([N+](=O)[O-])ccc2c(OS(=O)(=O)C(F)(F)F)ccnc12. The number of pyridine rings is 1. The molecular weight excluding hydrogens is 345 g/mol. The van der Waals surface area contributed by atoms with Gasteiger partial charge in [0.15, 0.2) is 5.75 Å². The number of hydrogen-bond donors (Lipinski definition) is 0. The van der Waals surface area contributed by atoms with Crippen LogP contribution in [-0.2, 0) is 10.1 Å². The summed E-state index contributed by atoms with van der Waals surface area (Å²) in [5.41, 5.74) is -6.31. The monoisotopic (exact) mass is 352 g/mol. The van der Waals surface area contributed by atoms with E-state index in [-0.39, 0.29) is 16.7 Å². The lowest BCUT2D eigenvalue weighted by Crippen LogP contribution is -2.28. The number of ether oxygens (including phenoxy) is 1. The molecule has 0 unspecified atom stereocenters. The van der Waals surface area contributed by atoms with Crippen molar-refractivity contribution in [2.45, 2.75) is 5.51 Å². The second-order valence-corrected chi connectivity index (χ2v) is 5.60. The predicted molar refractivity (Wildman–Crippen MR) is 70.6 cm³/mol. The van der Waals surface area contributed by atoms with Crippen LogP contribution in [-0.4, -0.2) is 30.9 Å². The average molecular weight is 352 g/mol. The summed E-state index contributed by atoms with van der Waals surface area (Å²) >= 11 is 0. The first-order valence-electron chi connectivity index (χ1n) is 5.69. The maximum atomic E-state index is 12.4. The standard InChI is InChI=1S/C11H7F3N2O6S/c1-21-10-7(16(17)18)3-2-6-8(4-5-15-9(6)10)22-23(19,20)11(12,13)14/h2-5H,1H3. The molecule has 1 heterocycles. The molecule has 0 fully saturated rings. The molecule has 8 nitrogen and oxygen atoms in total. The second kappa shape index (κ2) is 5.53. The van der Waals surface area contributed by atoms with Crippen LogP contribution in [0.2, 0.25) is 0 Å². The molecule has 1 aromatic carbocycles. The fourth-order valence-corrected chi connectivity index (χ4v) is 2.22. The first kappa shape index (κ1) is 16.7. The number of rotatable bonds is 4. The van der Waals surface area contributed by atoms with Crippen molar-refractivity contribution in [3.8, 4) is 11.5 Å². The van der Waals surface area contributed by atoms with Crippen LogP contribution in [0.1, 0.15) is 0 Å². The van der Waals surface area contributed by atoms with Gasteiger partial charge in [-0.1, -0.05) is 0 Å². The van der Waals surface area contributed by atoms with Gasteiger partial charge in [0.2, 0.25) is 5.75 Å². The first-order chi connectivity index (χ1) is 10.6. The Morgan fingerprint density at radius 2 is 1.91 bits per heavy atom. The number of nitro groups is 1. The first-order valence-corrected chi connectivity index (χ1v) is 7.10. The lowest BCUT2D eigenvalue weighted by molar-refractivity contribution is -0.385. The Hall–Kier alpha value is -2.63. The average Bonchev–Trinajstić information content (AvgIpc) is 2.44. The van der Waals surface area contributed by atoms with Gasteiger partial charge in [-0.15, -0.1) is 0 Å². The van der Waals surface area contributed by atoms with Crippen molar-refractivity contribution in [1.29, 1.82) is 0 Å². The smallest absolute Gasteiger partial charge is 0.489 e. The molecular formula is C11H7F3N2O6S. The minimum Gasteiger partial charge on any atom is -0.489 e. The normalized spacial score (nSPS) is 12.2. The molecule has 2 aromatic rings. The van der Waals surface area contributed by atoms with Crippen molar-refractivity contribution < 1.29 is 35.4 Å². The minimum atomic E-state index is -5.89. The van der Waals surface area contributed by atoms with Gasteiger partial charge >= 0.3 is 21.3 Å². The van der Waals surface area contributed by atoms with Crippen molar-refractivity contribution in [1.82, 2.24) is 4.98 Å². The van der Waals surface area contributed by atoms with Crippen LogP contribution >= 0.6 is 0 Å². The van der Waals surface area contributed by atoms with E-state index in [0.29, 0.717) is 0 Å². The molecule has 1 aromatic heterocycles. The van der Waals surface area contributed by atoms with Crippen molar-refractivity contribution in [3.05, 3.63) is 34.5 Å². The Morgan fingerprint density at radius 3 is 2.43 bits per heavy atom. The third-order valence-electron chi connectivity index (χ3n) is 2.69. The number of fused-ring (bicyclic) bond motifs is 1. The Morgan fingerprint density at radius 1 is 1.26 bits per heavy atom. The van der Waals surface area contributed by atoms with E-state index in [1.807, 2.05) is 0 Å². The van der Waals surface area contributed by atoms with Crippen LogP contribution in [0, 0.1) is 10.1 Å². The lowest BCUT2D eigenvalue weighted by Gasteiger charge is -2.12. The molecule has 0 N–H and O–H groups in total. The summed E-state index contributed by atoms with van der Waals surface area (Å²) in [5, 5.41) is 10.7. The van der Waals surface area contributed by atoms with E-state index in [9.17, 15) is 31.7 Å². The van der Waals surface area contributed by atoms with E-state index in [0.717, 1.165) is 31.5 Å². The van der Waals surface area contributed by atoms with Crippen molar-refractivity contribution in [2.75, 3.05) is 7.11 Å². The molecule has 0 amide bonds. The van der Waals surface area contributed by atoms with E-state index in [4.69, 9.17) is 4.74 Å². The minimum absolute atomic E-state index is 0.192. The fourth-order valence-electron chi connectivity index (χ4n) is 1.74. The van der Waals surface area contributed by atoms with Gasteiger partial charge < -0.3 is 8.92 Å². The number of alkyl halides is 3. The van der Waals surface area contributed by atoms with E-state index in [2.05, 4.69) is 9.17 Å². The predicted octanol–water partition coefficient (Wildman–Crippen LogP) is 2.38. The van der Waals surface area contributed by atoms with Gasteiger partial charge in [-0.05, 0) is 6.07 Å². The van der Waals surface area contributed by atoms with Crippen LogP contribution in [0.4, 0.5) is 18.9 Å². The number of hydrogen-bond acceptors (Lipinski definition) is 7. The second-order valence-electron chi connectivity index (χ2n) is 4.06. The molecule has 0 saturated carbocycles. The number of benzene rings is 1. The van der Waals surface area contributed by atoms with Crippen LogP contribution in [0.3, 0.4) is 0 Å². The molecule has 0 bridgehead atoms. The Labute approximate surface area is 126 Å². The third-order valence-corrected chi connectivity index (χ3v) is 3.66. The Bertz CT molecular complexity index is 881. The van der Waals surface area contributed by atoms with E-state index in [1.54, 1.807) is 0 Å². The van der Waals surface area contributed by atoms with E-state index in [1.165, 1.54) is 0 Å². The summed E-state index contributed by atoms with van der Waals surface area (Å²) in [6, 6.07) is 2.84. The Kier molecular flexibility index (Phi) is 4.03. The van der Waals surface area contributed by atoms with Crippen LogP contribution in [0.25, 0.3) is 10.9 Å². The molecule has 12 heteroatoms. The molecule has 0 aliphatic rings. The summed E-state index contributed by atoms with van der Waals surface area (Å²) in [6.45, 7) is 0. The maximum absolute atomic E-state index is 12.4. The highest BCUT2D eigenvalue weighted by molar-refractivity contribution is 7.88. The summed E-state index contributed by atoms with van der Waals surface area (Å²) in [6.07, 6.45) is 0.940. The van der Waals surface area contributed by atoms with Gasteiger partial charge in [-0.25, -0.2) is 0 Å². The molecule has 0 aliphatic heterocycles. The molecule has 2 rings (SSSR count). The molecule has 0 spiro atoms. The summed E-state index contributed by atoms with van der Waals surface area (Å²) in [4.78, 5) is 13.9. The molecule has 0 radical (unpaired) electrons. The molecule has 23 heavy (non-hydrogen) atoms. The molecule has 0 saturated heterocycles. The maximum Gasteiger partial charge on any atom is 0.534 e. The van der Waals surface area contributed by atoms with Gasteiger partial charge in [0.25, 0.3) is 0 Å². The van der Waals surface area contributed by atoms with Gasteiger partial charge in [0, 0.05) is 23.7 Å². The molecule has 0 atom stereocenters. The molecule has 0 aliphatic carbocycles. The zero-order chi connectivity index (χ0) is 17.4. The number of halogens is 3. The Balaban J connectivity index is 2.67. The van der Waals surface area contributed by atoms with Crippen LogP contribution in [0.15, 0.2) is 24.4 Å². The van der Waals surface area contributed by atoms with Crippen LogP contribution in [0.5, 0.6) is 11.5 Å². The number of nitro benzene ring substituents is 1. The topological polar surface area (TPSA) is 109 Å². The number of nitrogens with zero attached hydrogens (tertiary/aromatic N) is 2. The number of aromatic nitrogens is 1. The highest BCUT2D eigenvalue weighted by Gasteiger charge is 2.48.